The van der Waals surface area contributed by atoms with Crippen LogP contribution < -0.4 is 0 Å². The maximum atomic E-state index is 5.99. The van der Waals surface area contributed by atoms with Crippen LogP contribution in [0.25, 0.3) is 0 Å². The summed E-state index contributed by atoms with van der Waals surface area (Å²) in [6, 6.07) is 0.654. The third kappa shape index (κ3) is 1.95. The summed E-state index contributed by atoms with van der Waals surface area (Å²) in [5.41, 5.74) is 0.150. The van der Waals surface area contributed by atoms with Gasteiger partial charge in [-0.3, -0.25) is 4.90 Å². The molecule has 0 aliphatic carbocycles. The minimum atomic E-state index is 0.150. The molecule has 3 nitrogen and oxygen atoms in total. The van der Waals surface area contributed by atoms with Crippen molar-refractivity contribution in [1.82, 2.24) is 9.80 Å². The molecule has 0 saturated carbocycles. The van der Waals surface area contributed by atoms with Crippen LogP contribution in [0.5, 0.6) is 0 Å². The highest BCUT2D eigenvalue weighted by Crippen LogP contribution is 2.28. The number of rotatable bonds is 1. The molecule has 1 atom stereocenters. The first-order valence-corrected chi connectivity index (χ1v) is 5.68. The molecule has 0 N–H and O–H groups in total. The monoisotopic (exact) mass is 198 g/mol. The van der Waals surface area contributed by atoms with Crippen LogP contribution in [0.3, 0.4) is 0 Å². The van der Waals surface area contributed by atoms with Gasteiger partial charge in [-0.15, -0.1) is 0 Å². The number of morpholine rings is 1. The molecule has 0 bridgehead atoms. The molecular formula is C11H22N2O. The fourth-order valence-electron chi connectivity index (χ4n) is 2.61. The number of nitrogens with zero attached hydrogens (tertiary/aromatic N) is 2. The van der Waals surface area contributed by atoms with Gasteiger partial charge in [-0.2, -0.15) is 0 Å². The second kappa shape index (κ2) is 3.80. The lowest BCUT2D eigenvalue weighted by atomic mass is 10.00. The Morgan fingerprint density at radius 3 is 2.57 bits per heavy atom. The van der Waals surface area contributed by atoms with Crippen molar-refractivity contribution in [2.75, 3.05) is 39.8 Å². The molecule has 2 aliphatic heterocycles. The molecule has 0 aromatic heterocycles. The minimum absolute atomic E-state index is 0.150. The van der Waals surface area contributed by atoms with Crippen LogP contribution in [-0.4, -0.2) is 61.3 Å². The van der Waals surface area contributed by atoms with Crippen LogP contribution in [-0.2, 0) is 4.74 Å². The van der Waals surface area contributed by atoms with Crippen LogP contribution in [0.15, 0.2) is 0 Å². The molecule has 2 rings (SSSR count). The Kier molecular flexibility index (Phi) is 2.82. The number of likely N-dealkylation sites (N-methyl/N-ethyl adjacent to an activating group) is 1. The molecule has 1 spiro atoms. The number of hydrogen-bond donors (Lipinski definition) is 0. The van der Waals surface area contributed by atoms with Crippen molar-refractivity contribution in [1.29, 1.82) is 0 Å². The summed E-state index contributed by atoms with van der Waals surface area (Å²) in [5.74, 6) is 0. The van der Waals surface area contributed by atoms with Crippen molar-refractivity contribution in [3.63, 3.8) is 0 Å². The Morgan fingerprint density at radius 2 is 2.00 bits per heavy atom. The van der Waals surface area contributed by atoms with Gasteiger partial charge in [0.15, 0.2) is 0 Å². The molecule has 3 heteroatoms. The highest BCUT2D eigenvalue weighted by molar-refractivity contribution is 4.96. The molecule has 0 aromatic rings. The van der Waals surface area contributed by atoms with Crippen molar-refractivity contribution in [2.45, 2.75) is 31.9 Å². The molecule has 14 heavy (non-hydrogen) atoms. The fourth-order valence-corrected chi connectivity index (χ4v) is 2.61. The zero-order valence-corrected chi connectivity index (χ0v) is 9.62. The molecule has 0 radical (unpaired) electrons. The molecule has 2 aliphatic rings. The van der Waals surface area contributed by atoms with Crippen molar-refractivity contribution in [3.05, 3.63) is 0 Å². The maximum absolute atomic E-state index is 5.99. The molecule has 82 valence electrons. The third-order valence-corrected chi connectivity index (χ3v) is 3.52. The lowest BCUT2D eigenvalue weighted by molar-refractivity contribution is -0.107. The highest BCUT2D eigenvalue weighted by atomic mass is 16.5. The Bertz CT molecular complexity index is 203. The number of hydrogen-bond acceptors (Lipinski definition) is 3. The van der Waals surface area contributed by atoms with Gasteiger partial charge in [0.1, 0.15) is 0 Å². The standard InChI is InChI=1S/C11H22N2O/c1-10(2)13-6-7-14-11(9-13)4-5-12(3)8-11/h10H,4-9H2,1-3H3. The first-order chi connectivity index (χ1) is 6.61. The summed E-state index contributed by atoms with van der Waals surface area (Å²) in [5, 5.41) is 0. The van der Waals surface area contributed by atoms with Crippen molar-refractivity contribution < 1.29 is 4.74 Å². The summed E-state index contributed by atoms with van der Waals surface area (Å²) in [4.78, 5) is 4.92. The van der Waals surface area contributed by atoms with E-state index in [4.69, 9.17) is 4.74 Å². The van der Waals surface area contributed by atoms with Crippen LogP contribution in [0, 0.1) is 0 Å². The van der Waals surface area contributed by atoms with Crippen LogP contribution in [0.4, 0.5) is 0 Å². The zero-order chi connectivity index (χ0) is 10.2. The van der Waals surface area contributed by atoms with E-state index in [1.807, 2.05) is 0 Å². The second-order valence-electron chi connectivity index (χ2n) is 5.08. The quantitative estimate of drug-likeness (QED) is 0.620. The maximum Gasteiger partial charge on any atom is 0.0947 e. The van der Waals surface area contributed by atoms with Gasteiger partial charge < -0.3 is 9.64 Å². The van der Waals surface area contributed by atoms with Gasteiger partial charge in [-0.1, -0.05) is 0 Å². The van der Waals surface area contributed by atoms with Gasteiger partial charge in [0.25, 0.3) is 0 Å². The molecule has 2 fully saturated rings. The average Bonchev–Trinajstić information content (AvgIpc) is 2.47. The fraction of sp³-hybridized carbons (Fsp3) is 1.00. The van der Waals surface area contributed by atoms with E-state index in [9.17, 15) is 0 Å². The lowest BCUT2D eigenvalue weighted by Gasteiger charge is -2.42. The molecule has 0 aromatic carbocycles. The van der Waals surface area contributed by atoms with Crippen molar-refractivity contribution in [3.8, 4) is 0 Å². The lowest BCUT2D eigenvalue weighted by Crippen LogP contribution is -2.54. The summed E-state index contributed by atoms with van der Waals surface area (Å²) >= 11 is 0. The van der Waals surface area contributed by atoms with Crippen LogP contribution in [0.2, 0.25) is 0 Å². The van der Waals surface area contributed by atoms with Gasteiger partial charge in [0.05, 0.1) is 12.2 Å². The topological polar surface area (TPSA) is 15.7 Å². The predicted molar refractivity (Wildman–Crippen MR) is 57.5 cm³/mol. The van der Waals surface area contributed by atoms with E-state index in [0.29, 0.717) is 6.04 Å². The third-order valence-electron chi connectivity index (χ3n) is 3.52. The van der Waals surface area contributed by atoms with E-state index in [-0.39, 0.29) is 5.60 Å². The van der Waals surface area contributed by atoms with E-state index in [2.05, 4.69) is 30.7 Å². The zero-order valence-electron chi connectivity index (χ0n) is 9.62. The van der Waals surface area contributed by atoms with Crippen molar-refractivity contribution in [2.24, 2.45) is 0 Å². The number of ether oxygens (including phenoxy) is 1. The Labute approximate surface area is 87.0 Å². The minimum Gasteiger partial charge on any atom is -0.371 e. The molecule has 0 amide bonds. The van der Waals surface area contributed by atoms with Crippen LogP contribution in [0.1, 0.15) is 20.3 Å². The first kappa shape index (κ1) is 10.4. The molecular weight excluding hydrogens is 176 g/mol. The Morgan fingerprint density at radius 1 is 1.21 bits per heavy atom. The second-order valence-corrected chi connectivity index (χ2v) is 5.08. The Balaban J connectivity index is 1.99. The number of likely N-dealkylation sites (tertiary alicyclic amines) is 1. The predicted octanol–water partition coefficient (Wildman–Crippen LogP) is 0.801. The molecule has 1 unspecified atom stereocenters. The van der Waals surface area contributed by atoms with Crippen LogP contribution >= 0.6 is 0 Å². The van der Waals surface area contributed by atoms with E-state index in [1.165, 1.54) is 13.0 Å². The normalized spacial score (nSPS) is 36.0. The highest BCUT2D eigenvalue weighted by Gasteiger charge is 2.41. The summed E-state index contributed by atoms with van der Waals surface area (Å²) in [6.07, 6.45) is 1.20. The summed E-state index contributed by atoms with van der Waals surface area (Å²) < 4.78 is 5.99. The van der Waals surface area contributed by atoms with Gasteiger partial charge in [-0.25, -0.2) is 0 Å². The average molecular weight is 198 g/mol. The van der Waals surface area contributed by atoms with Crippen molar-refractivity contribution >= 4 is 0 Å². The first-order valence-electron chi connectivity index (χ1n) is 5.68. The summed E-state index contributed by atoms with van der Waals surface area (Å²) in [6.45, 7) is 9.97. The van der Waals surface area contributed by atoms with E-state index < -0.39 is 0 Å². The van der Waals surface area contributed by atoms with E-state index >= 15 is 0 Å². The van der Waals surface area contributed by atoms with E-state index in [1.54, 1.807) is 0 Å². The molecule has 2 heterocycles. The SMILES string of the molecule is CC(C)N1CCOC2(CCN(C)C2)C1. The van der Waals surface area contributed by atoms with Gasteiger partial charge in [-0.05, 0) is 27.3 Å². The van der Waals surface area contributed by atoms with Gasteiger partial charge >= 0.3 is 0 Å². The largest absolute Gasteiger partial charge is 0.371 e. The summed E-state index contributed by atoms with van der Waals surface area (Å²) in [7, 11) is 2.19. The smallest absolute Gasteiger partial charge is 0.0947 e. The van der Waals surface area contributed by atoms with Gasteiger partial charge in [0.2, 0.25) is 0 Å². The molecule has 2 saturated heterocycles. The van der Waals surface area contributed by atoms with E-state index in [0.717, 1.165) is 26.2 Å². The Hall–Kier alpha value is -0.120. The van der Waals surface area contributed by atoms with Gasteiger partial charge in [0, 0.05) is 32.2 Å².